The van der Waals surface area contributed by atoms with Crippen molar-refractivity contribution in [2.45, 2.75) is 170 Å². The summed E-state index contributed by atoms with van der Waals surface area (Å²) in [6.45, 7) is 0.0309. The number of nitrogens with one attached hydrogen (secondary N) is 8. The number of primary amides is 1. The maximum atomic E-state index is 14.8. The first-order valence-corrected chi connectivity index (χ1v) is 32.1. The highest BCUT2D eigenvalue weighted by atomic mass is 16.2. The summed E-state index contributed by atoms with van der Waals surface area (Å²) in [7, 11) is 0. The van der Waals surface area contributed by atoms with Crippen LogP contribution in [0.1, 0.15) is 116 Å². The van der Waals surface area contributed by atoms with Crippen molar-refractivity contribution in [3.63, 3.8) is 0 Å². The van der Waals surface area contributed by atoms with Gasteiger partial charge in [0.15, 0.2) is 53.6 Å². The van der Waals surface area contributed by atoms with Gasteiger partial charge in [0.2, 0.25) is 53.2 Å². The molecule has 0 aliphatic heterocycles. The topological polar surface area (TPSA) is 882 Å². The van der Waals surface area contributed by atoms with Crippen molar-refractivity contribution in [2.75, 3.05) is 58.9 Å². The first-order valence-electron chi connectivity index (χ1n) is 32.1. The minimum absolute atomic E-state index is 0.00424. The molecule has 46 nitrogen and oxygen atoms in total. The van der Waals surface area contributed by atoms with Crippen LogP contribution in [-0.4, -0.2) is 220 Å². The Hall–Kier alpha value is -11.4. The number of aliphatic imine (C=N–C) groups is 9. The Balaban J connectivity index is 7.75. The first kappa shape index (κ1) is 88.6. The number of hydrogen-bond donors (Lipinski definition) is 28. The Morgan fingerprint density at radius 3 is 0.480 bits per heavy atom. The summed E-state index contributed by atoms with van der Waals surface area (Å²) in [6.07, 6.45) is -0.0780. The highest BCUT2D eigenvalue weighted by Crippen LogP contribution is 2.12. The molecule has 0 aliphatic rings. The Labute approximate surface area is 579 Å². The maximum Gasteiger partial charge on any atom is 0.243 e. The summed E-state index contributed by atoms with van der Waals surface area (Å²) < 4.78 is 0. The van der Waals surface area contributed by atoms with Gasteiger partial charge < -0.3 is 157 Å². The monoisotopic (exact) mass is 1420 g/mol. The molecular formula is C54H111N37O9. The summed E-state index contributed by atoms with van der Waals surface area (Å²) in [6, 6.07) is -12.7. The van der Waals surface area contributed by atoms with E-state index in [4.69, 9.17) is 115 Å². The number of nitrogens with zero attached hydrogens (tertiary/aromatic N) is 9. The third-order valence-electron chi connectivity index (χ3n) is 14.0. The molecule has 566 valence electrons. The average molecular weight is 1420 g/mol. The molecular weight excluding hydrogens is 1310 g/mol. The molecule has 0 aliphatic carbocycles. The fraction of sp³-hybridized carbons (Fsp3) is 0.667. The van der Waals surface area contributed by atoms with Gasteiger partial charge in [0.05, 0.1) is 6.04 Å². The summed E-state index contributed by atoms with van der Waals surface area (Å²) in [5.74, 6) is -10.4. The minimum atomic E-state index is -1.56. The van der Waals surface area contributed by atoms with Crippen molar-refractivity contribution in [1.29, 1.82) is 0 Å². The predicted octanol–water partition coefficient (Wildman–Crippen LogP) is -13.8. The van der Waals surface area contributed by atoms with Crippen molar-refractivity contribution >= 4 is 107 Å². The largest absolute Gasteiger partial charge is 0.370 e. The number of carbonyl (C=O) groups excluding carboxylic acids is 9. The fourth-order valence-electron chi connectivity index (χ4n) is 9.03. The quantitative estimate of drug-likeness (QED) is 0.0153. The molecule has 48 N–H and O–H groups in total. The molecule has 0 aromatic carbocycles. The zero-order chi connectivity index (χ0) is 75.7. The third kappa shape index (κ3) is 44.4. The van der Waals surface area contributed by atoms with E-state index in [0.717, 1.165) is 0 Å². The van der Waals surface area contributed by atoms with Crippen LogP contribution >= 0.6 is 0 Å². The van der Waals surface area contributed by atoms with E-state index in [0.29, 0.717) is 6.42 Å². The van der Waals surface area contributed by atoms with E-state index in [1.807, 2.05) is 0 Å². The minimum Gasteiger partial charge on any atom is -0.370 e. The van der Waals surface area contributed by atoms with Gasteiger partial charge in [0.25, 0.3) is 0 Å². The summed E-state index contributed by atoms with van der Waals surface area (Å²) in [4.78, 5) is 163. The van der Waals surface area contributed by atoms with Crippen LogP contribution in [0.5, 0.6) is 0 Å². The van der Waals surface area contributed by atoms with Gasteiger partial charge >= 0.3 is 0 Å². The van der Waals surface area contributed by atoms with E-state index in [-0.39, 0.29) is 222 Å². The van der Waals surface area contributed by atoms with Crippen LogP contribution in [0.25, 0.3) is 0 Å². The predicted molar refractivity (Wildman–Crippen MR) is 382 cm³/mol. The fourth-order valence-corrected chi connectivity index (χ4v) is 9.03. The van der Waals surface area contributed by atoms with Gasteiger partial charge in [0.1, 0.15) is 48.3 Å². The van der Waals surface area contributed by atoms with Gasteiger partial charge in [-0.25, -0.2) is 0 Å². The number of hydrogen-bond acceptors (Lipinski definition) is 19. The Bertz CT molecular complexity index is 2850. The maximum absolute atomic E-state index is 14.8. The molecule has 0 heterocycles. The lowest BCUT2D eigenvalue weighted by molar-refractivity contribution is -0.136. The van der Waals surface area contributed by atoms with Crippen molar-refractivity contribution in [3.05, 3.63) is 0 Å². The number of guanidine groups is 9. The van der Waals surface area contributed by atoms with Crippen molar-refractivity contribution < 1.29 is 43.2 Å². The lowest BCUT2D eigenvalue weighted by atomic mass is 10.0. The van der Waals surface area contributed by atoms with E-state index in [1.165, 1.54) is 0 Å². The Kier molecular flexibility index (Phi) is 45.1. The number of rotatable bonds is 53. The molecule has 9 amide bonds. The molecule has 0 aromatic rings. The molecule has 100 heavy (non-hydrogen) atoms. The molecule has 0 rings (SSSR count). The van der Waals surface area contributed by atoms with Gasteiger partial charge in [-0.3, -0.25) is 88.1 Å². The second-order valence-corrected chi connectivity index (χ2v) is 22.5. The Morgan fingerprint density at radius 1 is 0.200 bits per heavy atom. The molecule has 0 saturated carbocycles. The van der Waals surface area contributed by atoms with Crippen molar-refractivity contribution in [1.82, 2.24) is 42.5 Å². The smallest absolute Gasteiger partial charge is 0.243 e. The lowest BCUT2D eigenvalue weighted by Crippen LogP contribution is -2.60. The molecule has 0 spiro atoms. The highest BCUT2D eigenvalue weighted by molar-refractivity contribution is 5.98. The molecule has 0 aromatic heterocycles. The molecule has 0 bridgehead atoms. The number of carbonyl (C=O) groups is 9. The average Bonchev–Trinajstić information content (AvgIpc) is 0.866. The molecule has 0 unspecified atom stereocenters. The van der Waals surface area contributed by atoms with E-state index < -0.39 is 108 Å². The van der Waals surface area contributed by atoms with E-state index in [1.54, 1.807) is 0 Å². The van der Waals surface area contributed by atoms with Crippen molar-refractivity contribution in [2.24, 2.45) is 160 Å². The van der Waals surface area contributed by atoms with Gasteiger partial charge in [-0.1, -0.05) is 0 Å². The molecule has 0 radical (unpaired) electrons. The van der Waals surface area contributed by atoms with Crippen LogP contribution in [-0.2, 0) is 43.2 Å². The van der Waals surface area contributed by atoms with Crippen LogP contribution in [0.3, 0.4) is 0 Å². The molecule has 9 atom stereocenters. The van der Waals surface area contributed by atoms with Crippen LogP contribution in [0.2, 0.25) is 0 Å². The molecule has 0 saturated heterocycles. The van der Waals surface area contributed by atoms with Gasteiger partial charge in [-0.05, 0) is 116 Å². The first-order chi connectivity index (χ1) is 47.1. The van der Waals surface area contributed by atoms with E-state index in [2.05, 4.69) is 87.5 Å². The van der Waals surface area contributed by atoms with Crippen molar-refractivity contribution in [3.8, 4) is 0 Å². The zero-order valence-corrected chi connectivity index (χ0v) is 56.5. The summed E-state index contributed by atoms with van der Waals surface area (Å²) in [5.41, 5.74) is 111. The molecule has 46 heteroatoms. The zero-order valence-electron chi connectivity index (χ0n) is 56.5. The van der Waals surface area contributed by atoms with Crippen LogP contribution in [0.4, 0.5) is 0 Å². The number of amides is 9. The Morgan fingerprint density at radius 2 is 0.330 bits per heavy atom. The highest BCUT2D eigenvalue weighted by Gasteiger charge is 2.35. The standard InChI is InChI=1S/C54H111N37O9/c55-28(10-1-19-75-46(57)58)38(93)85-30(12-3-21-77-48(61)62)40(95)87-32(14-5-23-79-50(65)66)42(97)89-34(16-7-25-81-52(69)70)44(99)91-36(18-9-27-83-54(73)74)45(100)90-35(17-8-26-82-53(71)72)43(98)88-33(15-6-24-80-51(67)68)41(96)86-31(13-4-22-78-49(63)64)39(94)84-29(37(56)92)11-2-20-76-47(59)60/h28-36H,1-27,55H2,(H2,56,92)(H,84,94)(H,85,93)(H,86,96)(H,87,95)(H,88,98)(H,89,97)(H,90,100)(H,91,99)(H4,57,58,75)(H4,59,60,76)(H4,61,62,77)(H4,63,64,78)(H4,65,66,79)(H4,67,68,80)(H4,69,70,81)(H4,71,72,82)(H4,73,74,83)/t28-,29-,30-,31-,32-,33-,34-,35-,36-/m1/s1. The number of nitrogens with two attached hydrogens (primary N) is 20. The van der Waals surface area contributed by atoms with Crippen LogP contribution in [0, 0.1) is 0 Å². The van der Waals surface area contributed by atoms with Gasteiger partial charge in [-0.2, -0.15) is 0 Å². The third-order valence-corrected chi connectivity index (χ3v) is 14.0. The SMILES string of the molecule is NC(=O)[C@@H](CCCN=C(N)N)NC(=O)[C@@H](CCCN=C(N)N)NC(=O)[C@@H](CCCN=C(N)N)NC(=O)[C@@H](CCCN=C(N)N)NC(=O)[C@@H](CCCN=C(N)N)NC(=O)[C@@H](CCCN=C(N)N)NC(=O)[C@@H](CCCN=C(N)N)NC(=O)[C@@H](CCCN=C(N)N)NC(=O)[C@H](N)CCCN=C(N)N. The van der Waals surface area contributed by atoms with Gasteiger partial charge in [0, 0.05) is 58.9 Å². The second-order valence-electron chi connectivity index (χ2n) is 22.5. The van der Waals surface area contributed by atoms with Crippen LogP contribution < -0.4 is 157 Å². The van der Waals surface area contributed by atoms with E-state index in [9.17, 15) is 43.2 Å². The van der Waals surface area contributed by atoms with Crippen LogP contribution in [0.15, 0.2) is 44.9 Å². The van der Waals surface area contributed by atoms with E-state index >= 15 is 0 Å². The summed E-state index contributed by atoms with van der Waals surface area (Å²) >= 11 is 0. The normalized spacial score (nSPS) is 13.3. The van der Waals surface area contributed by atoms with Gasteiger partial charge in [-0.15, -0.1) is 0 Å². The summed E-state index contributed by atoms with van der Waals surface area (Å²) in [5, 5.41) is 21.0. The molecule has 0 fully saturated rings. The second kappa shape index (κ2) is 50.9. The lowest BCUT2D eigenvalue weighted by Gasteiger charge is -2.28.